The molecular weight excluding hydrogens is 326 g/mol. The van der Waals surface area contributed by atoms with Crippen LogP contribution >= 0.6 is 23.6 Å². The molecule has 5 heteroatoms. The molecule has 0 unspecified atom stereocenters. The minimum Gasteiger partial charge on any atom is -0.330 e. The smallest absolute Gasteiger partial charge is 0.330 e. The van der Waals surface area contributed by atoms with Crippen molar-refractivity contribution >= 4 is 29.5 Å². The van der Waals surface area contributed by atoms with E-state index in [4.69, 9.17) is 17.1 Å². The predicted octanol–water partition coefficient (Wildman–Crippen LogP) is 4.61. The summed E-state index contributed by atoms with van der Waals surface area (Å²) in [6.07, 6.45) is 4.52. The van der Waals surface area contributed by atoms with Crippen molar-refractivity contribution in [3.63, 3.8) is 0 Å². The molecule has 0 saturated carbocycles. The fraction of sp³-hybridized carbons (Fsp3) is 0.333. The molecule has 1 aliphatic rings. The van der Waals surface area contributed by atoms with Crippen LogP contribution in [0, 0.1) is 10.9 Å². The third-order valence-corrected chi connectivity index (χ3v) is 5.75. The SMILES string of the molecule is Cc1csc(=S)n1OC(=O)C1=CC[C@](C)(c2ccccc2)CC1. The zero-order valence-corrected chi connectivity index (χ0v) is 14.9. The van der Waals surface area contributed by atoms with Gasteiger partial charge in [-0.15, -0.1) is 11.3 Å². The average molecular weight is 345 g/mol. The summed E-state index contributed by atoms with van der Waals surface area (Å²) >= 11 is 6.58. The lowest BCUT2D eigenvalue weighted by Gasteiger charge is -2.33. The normalized spacial score (nSPS) is 20.9. The maximum absolute atomic E-state index is 12.4. The van der Waals surface area contributed by atoms with E-state index in [9.17, 15) is 4.79 Å². The van der Waals surface area contributed by atoms with Crippen molar-refractivity contribution in [2.45, 2.75) is 38.5 Å². The number of thiazole rings is 1. The monoisotopic (exact) mass is 345 g/mol. The molecule has 2 aromatic rings. The van der Waals surface area contributed by atoms with Crippen LogP contribution in [-0.4, -0.2) is 10.7 Å². The lowest BCUT2D eigenvalue weighted by atomic mass is 9.72. The van der Waals surface area contributed by atoms with Gasteiger partial charge < -0.3 is 4.84 Å². The maximum Gasteiger partial charge on any atom is 0.359 e. The standard InChI is InChI=1S/C18H19NO2S2/c1-13-12-23-17(22)19(13)21-16(20)14-8-10-18(2,11-9-14)15-6-4-3-5-7-15/h3-8,12H,9-11H2,1-2H3/t18-/m0/s1. The summed E-state index contributed by atoms with van der Waals surface area (Å²) in [6.45, 7) is 4.13. The molecule has 23 heavy (non-hydrogen) atoms. The van der Waals surface area contributed by atoms with Gasteiger partial charge in [0.1, 0.15) is 0 Å². The zero-order chi connectivity index (χ0) is 16.4. The summed E-state index contributed by atoms with van der Waals surface area (Å²) in [5.74, 6) is -0.294. The molecule has 0 aliphatic heterocycles. The molecule has 3 rings (SSSR count). The van der Waals surface area contributed by atoms with Crippen LogP contribution in [0.3, 0.4) is 0 Å². The molecule has 120 valence electrons. The zero-order valence-electron chi connectivity index (χ0n) is 13.2. The summed E-state index contributed by atoms with van der Waals surface area (Å²) in [4.78, 5) is 17.8. The van der Waals surface area contributed by atoms with E-state index in [0.717, 1.165) is 30.5 Å². The van der Waals surface area contributed by atoms with Crippen molar-refractivity contribution in [3.05, 3.63) is 62.6 Å². The first-order valence-corrected chi connectivity index (χ1v) is 8.93. The van der Waals surface area contributed by atoms with E-state index < -0.39 is 0 Å². The maximum atomic E-state index is 12.4. The van der Waals surface area contributed by atoms with Crippen molar-refractivity contribution in [1.29, 1.82) is 0 Å². The van der Waals surface area contributed by atoms with Crippen LogP contribution in [0.25, 0.3) is 0 Å². The topological polar surface area (TPSA) is 31.2 Å². The molecule has 1 atom stereocenters. The molecule has 0 bridgehead atoms. The van der Waals surface area contributed by atoms with Gasteiger partial charge in [0.05, 0.1) is 5.69 Å². The van der Waals surface area contributed by atoms with Gasteiger partial charge in [0.2, 0.25) is 0 Å². The van der Waals surface area contributed by atoms with Gasteiger partial charge in [-0.2, -0.15) is 4.73 Å². The Balaban J connectivity index is 1.74. The average Bonchev–Trinajstić information content (AvgIpc) is 2.88. The van der Waals surface area contributed by atoms with Crippen molar-refractivity contribution < 1.29 is 9.63 Å². The second-order valence-electron chi connectivity index (χ2n) is 6.18. The largest absolute Gasteiger partial charge is 0.359 e. The Labute approximate surface area is 145 Å². The first-order valence-electron chi connectivity index (χ1n) is 7.64. The number of aryl methyl sites for hydroxylation is 1. The van der Waals surface area contributed by atoms with Gasteiger partial charge in [0.15, 0.2) is 3.95 Å². The Hall–Kier alpha value is -1.72. The van der Waals surface area contributed by atoms with Gasteiger partial charge in [0, 0.05) is 11.0 Å². The van der Waals surface area contributed by atoms with Gasteiger partial charge in [-0.1, -0.05) is 43.3 Å². The minimum atomic E-state index is -0.294. The first kappa shape index (κ1) is 16.1. The van der Waals surface area contributed by atoms with E-state index >= 15 is 0 Å². The third kappa shape index (κ3) is 3.31. The second-order valence-corrected chi connectivity index (χ2v) is 7.68. The number of aromatic nitrogens is 1. The number of hydrogen-bond acceptors (Lipinski definition) is 4. The minimum absolute atomic E-state index is 0.0830. The number of nitrogens with zero attached hydrogens (tertiary/aromatic N) is 1. The van der Waals surface area contributed by atoms with Crippen molar-refractivity contribution in [1.82, 2.24) is 4.73 Å². The van der Waals surface area contributed by atoms with Gasteiger partial charge in [-0.3, -0.25) is 0 Å². The number of rotatable bonds is 3. The molecule has 1 aromatic heterocycles. The van der Waals surface area contributed by atoms with Crippen LogP contribution in [0.1, 0.15) is 37.4 Å². The highest BCUT2D eigenvalue weighted by Crippen LogP contribution is 2.38. The molecule has 0 saturated heterocycles. The molecule has 0 radical (unpaired) electrons. The van der Waals surface area contributed by atoms with Crippen LogP contribution in [0.4, 0.5) is 0 Å². The lowest BCUT2D eigenvalue weighted by molar-refractivity contribution is -0.140. The van der Waals surface area contributed by atoms with Crippen molar-refractivity contribution in [2.24, 2.45) is 0 Å². The highest BCUT2D eigenvalue weighted by atomic mass is 32.1. The fourth-order valence-electron chi connectivity index (χ4n) is 2.88. The van der Waals surface area contributed by atoms with E-state index in [1.165, 1.54) is 21.6 Å². The Morgan fingerprint density at radius 3 is 2.65 bits per heavy atom. The van der Waals surface area contributed by atoms with E-state index in [-0.39, 0.29) is 11.4 Å². The predicted molar refractivity (Wildman–Crippen MR) is 95.2 cm³/mol. The van der Waals surface area contributed by atoms with Crippen LogP contribution in [0.15, 0.2) is 47.4 Å². The Morgan fingerprint density at radius 2 is 2.09 bits per heavy atom. The number of benzene rings is 1. The second kappa shape index (κ2) is 6.42. The molecule has 3 nitrogen and oxygen atoms in total. The summed E-state index contributed by atoms with van der Waals surface area (Å²) in [7, 11) is 0. The molecule has 1 aromatic carbocycles. The Morgan fingerprint density at radius 1 is 1.35 bits per heavy atom. The lowest BCUT2D eigenvalue weighted by Crippen LogP contribution is -2.29. The van der Waals surface area contributed by atoms with Gasteiger partial charge >= 0.3 is 5.97 Å². The molecule has 0 fully saturated rings. The molecule has 0 amide bonds. The van der Waals surface area contributed by atoms with E-state index in [1.807, 2.05) is 24.4 Å². The van der Waals surface area contributed by atoms with Gasteiger partial charge in [-0.05, 0) is 49.4 Å². The molecule has 1 aliphatic carbocycles. The number of allylic oxidation sites excluding steroid dienone is 1. The highest BCUT2D eigenvalue weighted by Gasteiger charge is 2.31. The van der Waals surface area contributed by atoms with E-state index in [2.05, 4.69) is 31.2 Å². The molecular formula is C18H19NO2S2. The third-order valence-electron chi connectivity index (χ3n) is 4.47. The van der Waals surface area contributed by atoms with Crippen LogP contribution in [-0.2, 0) is 10.2 Å². The summed E-state index contributed by atoms with van der Waals surface area (Å²) in [5.41, 5.74) is 2.99. The Kier molecular flexibility index (Phi) is 4.50. The highest BCUT2D eigenvalue weighted by molar-refractivity contribution is 7.73. The molecule has 1 heterocycles. The van der Waals surface area contributed by atoms with Crippen LogP contribution < -0.4 is 4.84 Å². The first-order chi connectivity index (χ1) is 11.0. The van der Waals surface area contributed by atoms with Gasteiger partial charge in [0.25, 0.3) is 0 Å². The van der Waals surface area contributed by atoms with Crippen LogP contribution in [0.2, 0.25) is 0 Å². The molecule has 0 spiro atoms. The van der Waals surface area contributed by atoms with Crippen molar-refractivity contribution in [2.75, 3.05) is 0 Å². The number of carbonyl (C=O) groups is 1. The quantitative estimate of drug-likeness (QED) is 0.761. The summed E-state index contributed by atoms with van der Waals surface area (Å²) in [5, 5.41) is 1.89. The van der Waals surface area contributed by atoms with Crippen LogP contribution in [0.5, 0.6) is 0 Å². The van der Waals surface area contributed by atoms with Gasteiger partial charge in [-0.25, -0.2) is 4.79 Å². The molecule has 0 N–H and O–H groups in total. The summed E-state index contributed by atoms with van der Waals surface area (Å²) in [6, 6.07) is 10.5. The van der Waals surface area contributed by atoms with Crippen molar-refractivity contribution in [3.8, 4) is 0 Å². The number of hydrogen-bond donors (Lipinski definition) is 0. The van der Waals surface area contributed by atoms with E-state index in [0.29, 0.717) is 3.95 Å². The Bertz CT molecular complexity index is 804. The fourth-order valence-corrected chi connectivity index (χ4v) is 3.85. The number of carbonyl (C=O) groups excluding carboxylic acids is 1. The summed E-state index contributed by atoms with van der Waals surface area (Å²) < 4.78 is 2.00. The van der Waals surface area contributed by atoms with E-state index in [1.54, 1.807) is 0 Å².